The van der Waals surface area contributed by atoms with E-state index >= 15 is 0 Å². The number of imidazole rings is 1. The molecule has 0 bridgehead atoms. The predicted octanol–water partition coefficient (Wildman–Crippen LogP) is 2.02. The second kappa shape index (κ2) is 3.72. The quantitative estimate of drug-likeness (QED) is 0.851. The molecule has 4 nitrogen and oxygen atoms in total. The van der Waals surface area contributed by atoms with Crippen molar-refractivity contribution in [2.75, 3.05) is 7.11 Å². The van der Waals surface area contributed by atoms with E-state index in [0.29, 0.717) is 16.9 Å². The molecule has 0 aromatic carbocycles. The second-order valence-corrected chi connectivity index (χ2v) is 3.70. The van der Waals surface area contributed by atoms with Crippen LogP contribution in [0.2, 0.25) is 5.15 Å². The van der Waals surface area contributed by atoms with Gasteiger partial charge in [-0.05, 0) is 19.1 Å². The van der Waals surface area contributed by atoms with Gasteiger partial charge in [-0.25, -0.2) is 4.98 Å². The molecule has 15 heavy (non-hydrogen) atoms. The van der Waals surface area contributed by atoms with Gasteiger partial charge in [-0.15, -0.1) is 0 Å². The Labute approximate surface area is 92.6 Å². The van der Waals surface area contributed by atoms with Gasteiger partial charge in [0.25, 0.3) is 0 Å². The van der Waals surface area contributed by atoms with Crippen molar-refractivity contribution in [1.82, 2.24) is 9.38 Å². The predicted molar refractivity (Wildman–Crippen MR) is 59.4 cm³/mol. The van der Waals surface area contributed by atoms with Gasteiger partial charge >= 0.3 is 0 Å². The first-order chi connectivity index (χ1) is 7.15. The van der Waals surface area contributed by atoms with Crippen molar-refractivity contribution in [3.05, 3.63) is 29.2 Å². The molecule has 80 valence electrons. The molecule has 1 atom stereocenters. The van der Waals surface area contributed by atoms with Gasteiger partial charge < -0.3 is 10.5 Å². The number of fused-ring (bicyclic) bond motifs is 1. The highest BCUT2D eigenvalue weighted by Gasteiger charge is 2.15. The molecule has 5 heteroatoms. The fourth-order valence-corrected chi connectivity index (χ4v) is 1.79. The van der Waals surface area contributed by atoms with Crippen molar-refractivity contribution in [3.63, 3.8) is 0 Å². The molecule has 0 saturated carbocycles. The number of halogens is 1. The van der Waals surface area contributed by atoms with Gasteiger partial charge in [0.1, 0.15) is 5.82 Å². The fraction of sp³-hybridized carbons (Fsp3) is 0.300. The fourth-order valence-electron chi connectivity index (χ4n) is 1.56. The van der Waals surface area contributed by atoms with Crippen LogP contribution in [0.15, 0.2) is 18.2 Å². The summed E-state index contributed by atoms with van der Waals surface area (Å²) in [7, 11) is 1.60. The average molecular weight is 226 g/mol. The minimum Gasteiger partial charge on any atom is -0.482 e. The Morgan fingerprint density at radius 2 is 2.27 bits per heavy atom. The number of ether oxygens (including phenoxy) is 1. The molecule has 2 aromatic heterocycles. The zero-order valence-electron chi connectivity index (χ0n) is 8.57. The van der Waals surface area contributed by atoms with Crippen LogP contribution in [0.4, 0.5) is 0 Å². The zero-order chi connectivity index (χ0) is 11.0. The highest BCUT2D eigenvalue weighted by Crippen LogP contribution is 2.26. The smallest absolute Gasteiger partial charge is 0.199 e. The number of nitrogens with two attached hydrogens (primary N) is 1. The SMILES string of the molecule is COc1cccc2c(Cl)nc(C(C)N)n12. The number of pyridine rings is 1. The third-order valence-electron chi connectivity index (χ3n) is 2.22. The average Bonchev–Trinajstić information content (AvgIpc) is 2.56. The first-order valence-corrected chi connectivity index (χ1v) is 4.99. The van der Waals surface area contributed by atoms with Crippen molar-refractivity contribution in [1.29, 1.82) is 0 Å². The first-order valence-electron chi connectivity index (χ1n) is 4.61. The second-order valence-electron chi connectivity index (χ2n) is 3.34. The summed E-state index contributed by atoms with van der Waals surface area (Å²) in [4.78, 5) is 4.22. The largest absolute Gasteiger partial charge is 0.482 e. The van der Waals surface area contributed by atoms with Crippen molar-refractivity contribution in [3.8, 4) is 5.88 Å². The normalized spacial score (nSPS) is 13.1. The maximum Gasteiger partial charge on any atom is 0.199 e. The standard InChI is InChI=1S/C10H12ClN3O/c1-6(12)10-13-9(11)7-4-3-5-8(15-2)14(7)10/h3-6H,12H2,1-2H3. The van der Waals surface area contributed by atoms with Gasteiger partial charge in [0, 0.05) is 0 Å². The van der Waals surface area contributed by atoms with Crippen LogP contribution in [-0.4, -0.2) is 16.5 Å². The van der Waals surface area contributed by atoms with E-state index < -0.39 is 0 Å². The van der Waals surface area contributed by atoms with E-state index in [-0.39, 0.29) is 6.04 Å². The topological polar surface area (TPSA) is 52.5 Å². The lowest BCUT2D eigenvalue weighted by Crippen LogP contribution is -2.10. The summed E-state index contributed by atoms with van der Waals surface area (Å²) in [5.74, 6) is 1.38. The molecule has 0 fully saturated rings. The van der Waals surface area contributed by atoms with Crippen LogP contribution in [0.3, 0.4) is 0 Å². The summed E-state index contributed by atoms with van der Waals surface area (Å²) in [5.41, 5.74) is 6.63. The summed E-state index contributed by atoms with van der Waals surface area (Å²) in [6.07, 6.45) is 0. The Morgan fingerprint density at radius 3 is 2.87 bits per heavy atom. The molecule has 1 unspecified atom stereocenters. The maximum atomic E-state index is 6.01. The molecular formula is C10H12ClN3O. The number of rotatable bonds is 2. The Bertz CT molecular complexity index is 493. The van der Waals surface area contributed by atoms with Crippen molar-refractivity contribution >= 4 is 17.1 Å². The molecule has 0 aliphatic carbocycles. The van der Waals surface area contributed by atoms with Crippen LogP contribution < -0.4 is 10.5 Å². The maximum absolute atomic E-state index is 6.01. The van der Waals surface area contributed by atoms with Gasteiger partial charge in [-0.3, -0.25) is 4.40 Å². The number of aromatic nitrogens is 2. The van der Waals surface area contributed by atoms with Crippen molar-refractivity contribution in [2.45, 2.75) is 13.0 Å². The lowest BCUT2D eigenvalue weighted by atomic mass is 10.3. The molecule has 0 aliphatic rings. The van der Waals surface area contributed by atoms with Crippen molar-refractivity contribution < 1.29 is 4.74 Å². The first kappa shape index (κ1) is 10.3. The molecule has 0 amide bonds. The van der Waals surface area contributed by atoms with Gasteiger partial charge in [-0.2, -0.15) is 0 Å². The van der Waals surface area contributed by atoms with E-state index in [9.17, 15) is 0 Å². The molecule has 2 rings (SSSR count). The molecule has 2 heterocycles. The Balaban J connectivity index is 2.82. The molecule has 0 aliphatic heterocycles. The van der Waals surface area contributed by atoms with Gasteiger partial charge in [0.05, 0.1) is 18.7 Å². The lowest BCUT2D eigenvalue weighted by Gasteiger charge is -2.08. The van der Waals surface area contributed by atoms with Crippen LogP contribution >= 0.6 is 11.6 Å². The highest BCUT2D eigenvalue weighted by molar-refractivity contribution is 6.32. The molecule has 0 saturated heterocycles. The van der Waals surface area contributed by atoms with Crippen LogP contribution in [0.5, 0.6) is 5.88 Å². The van der Waals surface area contributed by atoms with E-state index in [2.05, 4.69) is 4.98 Å². The Morgan fingerprint density at radius 1 is 1.53 bits per heavy atom. The number of hydrogen-bond donors (Lipinski definition) is 1. The van der Waals surface area contributed by atoms with Crippen molar-refractivity contribution in [2.24, 2.45) is 5.73 Å². The summed E-state index contributed by atoms with van der Waals surface area (Å²) in [5, 5.41) is 0.446. The Kier molecular flexibility index (Phi) is 2.54. The van der Waals surface area contributed by atoms with Gasteiger partial charge in [0.15, 0.2) is 11.0 Å². The van der Waals surface area contributed by atoms with Crippen LogP contribution in [0.25, 0.3) is 5.52 Å². The monoisotopic (exact) mass is 225 g/mol. The minimum atomic E-state index is -0.193. The highest BCUT2D eigenvalue weighted by atomic mass is 35.5. The molecule has 2 aromatic rings. The summed E-state index contributed by atoms with van der Waals surface area (Å²) in [6, 6.07) is 5.40. The third kappa shape index (κ3) is 1.56. The lowest BCUT2D eigenvalue weighted by molar-refractivity contribution is 0.389. The van der Waals surface area contributed by atoms with E-state index in [4.69, 9.17) is 22.1 Å². The van der Waals surface area contributed by atoms with E-state index in [1.807, 2.05) is 29.5 Å². The summed E-state index contributed by atoms with van der Waals surface area (Å²) >= 11 is 6.01. The van der Waals surface area contributed by atoms with Gasteiger partial charge in [0.2, 0.25) is 0 Å². The van der Waals surface area contributed by atoms with E-state index in [1.165, 1.54) is 0 Å². The molecule has 0 radical (unpaired) electrons. The number of nitrogens with zero attached hydrogens (tertiary/aromatic N) is 2. The third-order valence-corrected chi connectivity index (χ3v) is 2.50. The number of methoxy groups -OCH3 is 1. The summed E-state index contributed by atoms with van der Waals surface area (Å²) in [6.45, 7) is 1.86. The Hall–Kier alpha value is -1.26. The molecular weight excluding hydrogens is 214 g/mol. The minimum absolute atomic E-state index is 0.193. The van der Waals surface area contributed by atoms with Crippen LogP contribution in [0, 0.1) is 0 Å². The number of hydrogen-bond acceptors (Lipinski definition) is 3. The van der Waals surface area contributed by atoms with Gasteiger partial charge in [-0.1, -0.05) is 17.7 Å². The van der Waals surface area contributed by atoms with E-state index in [1.54, 1.807) is 7.11 Å². The van der Waals surface area contributed by atoms with Crippen LogP contribution in [-0.2, 0) is 0 Å². The molecule has 0 spiro atoms. The van der Waals surface area contributed by atoms with E-state index in [0.717, 1.165) is 5.52 Å². The zero-order valence-corrected chi connectivity index (χ0v) is 9.32. The molecule has 2 N–H and O–H groups in total. The van der Waals surface area contributed by atoms with Crippen LogP contribution in [0.1, 0.15) is 18.8 Å². The summed E-state index contributed by atoms with van der Waals surface area (Å²) < 4.78 is 7.07.